The number of hydrogen-bond acceptors (Lipinski definition) is 5. The summed E-state index contributed by atoms with van der Waals surface area (Å²) in [6.45, 7) is 9.20. The van der Waals surface area contributed by atoms with Gasteiger partial charge in [0.05, 0.1) is 19.8 Å². The molecule has 0 bridgehead atoms. The van der Waals surface area contributed by atoms with Crippen LogP contribution in [0.3, 0.4) is 0 Å². The summed E-state index contributed by atoms with van der Waals surface area (Å²) in [6.07, 6.45) is 1.09. The van der Waals surface area contributed by atoms with E-state index < -0.39 is 0 Å². The second-order valence-electron chi connectivity index (χ2n) is 5.08. The van der Waals surface area contributed by atoms with E-state index in [2.05, 4.69) is 17.1 Å². The molecular formula is C13H28N2O3. The summed E-state index contributed by atoms with van der Waals surface area (Å²) in [5.41, 5.74) is 0.193. The maximum atomic E-state index is 9.14. The molecule has 5 heteroatoms. The molecule has 1 atom stereocenters. The van der Waals surface area contributed by atoms with Crippen molar-refractivity contribution in [3.05, 3.63) is 0 Å². The Hall–Kier alpha value is -0.200. The Morgan fingerprint density at radius 3 is 2.83 bits per heavy atom. The van der Waals surface area contributed by atoms with Gasteiger partial charge in [0, 0.05) is 45.3 Å². The Labute approximate surface area is 110 Å². The fraction of sp³-hybridized carbons (Fsp3) is 1.00. The Kier molecular flexibility index (Phi) is 7.77. The van der Waals surface area contributed by atoms with Gasteiger partial charge >= 0.3 is 0 Å². The maximum Gasteiger partial charge on any atom is 0.0589 e. The number of rotatable bonds is 10. The molecule has 0 aromatic rings. The first kappa shape index (κ1) is 15.9. The van der Waals surface area contributed by atoms with Crippen LogP contribution in [-0.4, -0.2) is 76.3 Å². The van der Waals surface area contributed by atoms with Gasteiger partial charge in [0.2, 0.25) is 0 Å². The van der Waals surface area contributed by atoms with E-state index in [0.29, 0.717) is 13.2 Å². The van der Waals surface area contributed by atoms with Gasteiger partial charge < -0.3 is 19.9 Å². The van der Waals surface area contributed by atoms with Crippen molar-refractivity contribution in [3.63, 3.8) is 0 Å². The van der Waals surface area contributed by atoms with Crippen molar-refractivity contribution in [2.24, 2.45) is 5.41 Å². The summed E-state index contributed by atoms with van der Waals surface area (Å²) >= 11 is 0. The van der Waals surface area contributed by atoms with E-state index in [4.69, 9.17) is 14.6 Å². The van der Waals surface area contributed by atoms with Gasteiger partial charge in [0.15, 0.2) is 0 Å². The zero-order chi connectivity index (χ0) is 13.3. The number of methoxy groups -OCH3 is 1. The highest BCUT2D eigenvalue weighted by Crippen LogP contribution is 2.29. The highest BCUT2D eigenvalue weighted by molar-refractivity contribution is 4.88. The predicted molar refractivity (Wildman–Crippen MR) is 71.8 cm³/mol. The van der Waals surface area contributed by atoms with E-state index in [1.54, 1.807) is 7.11 Å². The van der Waals surface area contributed by atoms with E-state index >= 15 is 0 Å². The zero-order valence-electron chi connectivity index (χ0n) is 11.8. The van der Waals surface area contributed by atoms with Crippen molar-refractivity contribution in [2.75, 3.05) is 66.3 Å². The summed E-state index contributed by atoms with van der Waals surface area (Å²) in [7, 11) is 1.71. The normalized spacial score (nSPS) is 24.0. The first-order valence-corrected chi connectivity index (χ1v) is 6.87. The fourth-order valence-electron chi connectivity index (χ4n) is 2.47. The Morgan fingerprint density at radius 2 is 2.28 bits per heavy atom. The van der Waals surface area contributed by atoms with Crippen LogP contribution < -0.4 is 5.32 Å². The van der Waals surface area contributed by atoms with Gasteiger partial charge in [-0.2, -0.15) is 0 Å². The number of nitrogens with zero attached hydrogens (tertiary/aromatic N) is 1. The quantitative estimate of drug-likeness (QED) is 0.576. The number of aliphatic hydroxyl groups excluding tert-OH is 1. The van der Waals surface area contributed by atoms with Gasteiger partial charge in [0.25, 0.3) is 0 Å². The molecule has 0 aromatic carbocycles. The van der Waals surface area contributed by atoms with Crippen LogP contribution in [0.4, 0.5) is 0 Å². The molecule has 0 saturated carbocycles. The third-order valence-corrected chi connectivity index (χ3v) is 3.52. The van der Waals surface area contributed by atoms with Gasteiger partial charge in [-0.3, -0.25) is 4.90 Å². The SMILES string of the molecule is CCNCC1(CN(CCO)CCOC)CCOC1. The molecule has 18 heavy (non-hydrogen) atoms. The third kappa shape index (κ3) is 5.20. The zero-order valence-corrected chi connectivity index (χ0v) is 11.8. The predicted octanol–water partition coefficient (Wildman–Crippen LogP) is -0.0567. The molecule has 108 valence electrons. The largest absolute Gasteiger partial charge is 0.395 e. The molecule has 1 aliphatic heterocycles. The first-order valence-electron chi connectivity index (χ1n) is 6.87. The van der Waals surface area contributed by atoms with Crippen LogP contribution >= 0.6 is 0 Å². The summed E-state index contributed by atoms with van der Waals surface area (Å²) in [5.74, 6) is 0. The third-order valence-electron chi connectivity index (χ3n) is 3.52. The molecule has 1 fully saturated rings. The number of nitrogens with one attached hydrogen (secondary N) is 1. The lowest BCUT2D eigenvalue weighted by Crippen LogP contribution is -2.46. The van der Waals surface area contributed by atoms with Crippen LogP contribution in [0.5, 0.6) is 0 Å². The second-order valence-corrected chi connectivity index (χ2v) is 5.08. The van der Waals surface area contributed by atoms with Gasteiger partial charge in [-0.15, -0.1) is 0 Å². The van der Waals surface area contributed by atoms with Gasteiger partial charge in [-0.1, -0.05) is 6.92 Å². The van der Waals surface area contributed by atoms with E-state index in [1.165, 1.54) is 0 Å². The molecular weight excluding hydrogens is 232 g/mol. The van der Waals surface area contributed by atoms with Crippen molar-refractivity contribution in [2.45, 2.75) is 13.3 Å². The average Bonchev–Trinajstić information content (AvgIpc) is 2.83. The highest BCUT2D eigenvalue weighted by atomic mass is 16.5. The van der Waals surface area contributed by atoms with Gasteiger partial charge in [-0.05, 0) is 13.0 Å². The maximum absolute atomic E-state index is 9.14. The van der Waals surface area contributed by atoms with E-state index in [0.717, 1.165) is 45.8 Å². The van der Waals surface area contributed by atoms with E-state index in [1.807, 2.05) is 0 Å². The minimum atomic E-state index is 0.193. The molecule has 0 spiro atoms. The molecule has 0 amide bonds. The molecule has 1 saturated heterocycles. The lowest BCUT2D eigenvalue weighted by molar-refractivity contribution is 0.0766. The van der Waals surface area contributed by atoms with Gasteiger partial charge in [0.1, 0.15) is 0 Å². The standard InChI is InChI=1S/C13H28N2O3/c1-3-14-10-13(4-8-18-12-13)11-15(5-7-16)6-9-17-2/h14,16H,3-12H2,1-2H3. The van der Waals surface area contributed by atoms with Crippen LogP contribution in [0, 0.1) is 5.41 Å². The number of aliphatic hydroxyl groups is 1. The summed E-state index contributed by atoms with van der Waals surface area (Å²) in [5, 5.41) is 12.6. The fourth-order valence-corrected chi connectivity index (χ4v) is 2.47. The molecule has 1 rings (SSSR count). The second kappa shape index (κ2) is 8.82. The lowest BCUT2D eigenvalue weighted by Gasteiger charge is -2.34. The van der Waals surface area contributed by atoms with Gasteiger partial charge in [-0.25, -0.2) is 0 Å². The van der Waals surface area contributed by atoms with E-state index in [-0.39, 0.29) is 12.0 Å². The minimum Gasteiger partial charge on any atom is -0.395 e. The van der Waals surface area contributed by atoms with Crippen LogP contribution in [-0.2, 0) is 9.47 Å². The summed E-state index contributed by atoms with van der Waals surface area (Å²) in [6, 6.07) is 0. The topological polar surface area (TPSA) is 54.0 Å². The number of ether oxygens (including phenoxy) is 2. The molecule has 2 N–H and O–H groups in total. The van der Waals surface area contributed by atoms with Crippen LogP contribution in [0.2, 0.25) is 0 Å². The van der Waals surface area contributed by atoms with Crippen molar-refractivity contribution >= 4 is 0 Å². The van der Waals surface area contributed by atoms with Crippen molar-refractivity contribution in [1.82, 2.24) is 10.2 Å². The molecule has 1 unspecified atom stereocenters. The summed E-state index contributed by atoms with van der Waals surface area (Å²) in [4.78, 5) is 2.27. The molecule has 0 radical (unpaired) electrons. The minimum absolute atomic E-state index is 0.193. The van der Waals surface area contributed by atoms with Crippen LogP contribution in [0.1, 0.15) is 13.3 Å². The highest BCUT2D eigenvalue weighted by Gasteiger charge is 2.36. The van der Waals surface area contributed by atoms with E-state index in [9.17, 15) is 0 Å². The van der Waals surface area contributed by atoms with Crippen LogP contribution in [0.25, 0.3) is 0 Å². The number of hydrogen-bond donors (Lipinski definition) is 2. The van der Waals surface area contributed by atoms with Crippen LogP contribution in [0.15, 0.2) is 0 Å². The van der Waals surface area contributed by atoms with Crippen molar-refractivity contribution in [3.8, 4) is 0 Å². The smallest absolute Gasteiger partial charge is 0.0589 e. The Bertz CT molecular complexity index is 208. The average molecular weight is 260 g/mol. The molecule has 1 heterocycles. The Balaban J connectivity index is 2.49. The molecule has 5 nitrogen and oxygen atoms in total. The first-order chi connectivity index (χ1) is 8.76. The molecule has 0 aliphatic carbocycles. The van der Waals surface area contributed by atoms with Crippen molar-refractivity contribution < 1.29 is 14.6 Å². The Morgan fingerprint density at radius 1 is 1.44 bits per heavy atom. The monoisotopic (exact) mass is 260 g/mol. The molecule has 1 aliphatic rings. The summed E-state index contributed by atoms with van der Waals surface area (Å²) < 4.78 is 10.7. The lowest BCUT2D eigenvalue weighted by atomic mass is 9.86. The molecule has 0 aromatic heterocycles. The van der Waals surface area contributed by atoms with Crippen molar-refractivity contribution in [1.29, 1.82) is 0 Å².